The molecule has 1 heterocycles. The number of rotatable bonds is 4. The van der Waals surface area contributed by atoms with Crippen molar-refractivity contribution in [3.05, 3.63) is 64.7 Å². The van der Waals surface area contributed by atoms with Gasteiger partial charge >= 0.3 is 0 Å². The third-order valence-corrected chi connectivity index (χ3v) is 4.27. The summed E-state index contributed by atoms with van der Waals surface area (Å²) < 4.78 is 5.65. The van der Waals surface area contributed by atoms with E-state index in [0.717, 1.165) is 34.7 Å². The maximum atomic E-state index is 6.14. The quantitative estimate of drug-likeness (QED) is 0.415. The third-order valence-electron chi connectivity index (χ3n) is 3.90. The van der Waals surface area contributed by atoms with E-state index < -0.39 is 0 Å². The highest BCUT2D eigenvalue weighted by Gasteiger charge is 2.21. The Hall–Kier alpha value is -1.47. The predicted molar refractivity (Wildman–Crippen MR) is 109 cm³/mol. The highest BCUT2D eigenvalue weighted by atomic mass is 127. The third kappa shape index (κ3) is 4.77. The average Bonchev–Trinajstić information content (AvgIpc) is 2.57. The number of aliphatic imine (C=N–C) groups is 1. The Kier molecular flexibility index (Phi) is 7.17. The maximum absolute atomic E-state index is 6.14. The van der Waals surface area contributed by atoms with Gasteiger partial charge < -0.3 is 15.8 Å². The van der Waals surface area contributed by atoms with Crippen molar-refractivity contribution >= 4 is 41.5 Å². The first-order chi connectivity index (χ1) is 11.2. The number of para-hydroxylation sites is 1. The van der Waals surface area contributed by atoms with Crippen LogP contribution in [0.5, 0.6) is 5.75 Å². The van der Waals surface area contributed by atoms with Gasteiger partial charge in [0.25, 0.3) is 0 Å². The van der Waals surface area contributed by atoms with Crippen molar-refractivity contribution in [3.8, 4) is 5.75 Å². The van der Waals surface area contributed by atoms with Crippen LogP contribution in [0.1, 0.15) is 23.6 Å². The van der Waals surface area contributed by atoms with E-state index in [1.807, 2.05) is 42.5 Å². The summed E-state index contributed by atoms with van der Waals surface area (Å²) >= 11 is 6.14. The molecule has 3 N–H and O–H groups in total. The van der Waals surface area contributed by atoms with E-state index >= 15 is 0 Å². The molecule has 1 atom stereocenters. The fraction of sp³-hybridized carbons (Fsp3) is 0.278. The Bertz CT molecular complexity index is 708. The molecule has 0 fully saturated rings. The number of guanidine groups is 1. The first kappa shape index (κ1) is 18.9. The van der Waals surface area contributed by atoms with Crippen LogP contribution in [0.4, 0.5) is 0 Å². The first-order valence-electron chi connectivity index (χ1n) is 7.75. The first-order valence-corrected chi connectivity index (χ1v) is 8.13. The van der Waals surface area contributed by atoms with Crippen LogP contribution < -0.4 is 15.8 Å². The van der Waals surface area contributed by atoms with Gasteiger partial charge in [0.05, 0.1) is 12.6 Å². The van der Waals surface area contributed by atoms with Crippen LogP contribution in [0.2, 0.25) is 5.02 Å². The lowest BCUT2D eigenvalue weighted by Gasteiger charge is -2.26. The molecule has 1 aliphatic heterocycles. The number of nitrogens with two attached hydrogens (primary N) is 1. The van der Waals surface area contributed by atoms with Crippen molar-refractivity contribution in [1.29, 1.82) is 0 Å². The van der Waals surface area contributed by atoms with Crippen LogP contribution in [-0.4, -0.2) is 19.1 Å². The second-order valence-corrected chi connectivity index (χ2v) is 5.89. The van der Waals surface area contributed by atoms with E-state index in [-0.39, 0.29) is 30.0 Å². The zero-order valence-electron chi connectivity index (χ0n) is 13.2. The summed E-state index contributed by atoms with van der Waals surface area (Å²) in [6, 6.07) is 16.0. The van der Waals surface area contributed by atoms with Crippen molar-refractivity contribution < 1.29 is 4.74 Å². The molecule has 4 nitrogen and oxygen atoms in total. The predicted octanol–water partition coefficient (Wildman–Crippen LogP) is 3.93. The minimum atomic E-state index is 0. The van der Waals surface area contributed by atoms with E-state index in [1.165, 1.54) is 0 Å². The maximum Gasteiger partial charge on any atom is 0.189 e. The topological polar surface area (TPSA) is 59.6 Å². The number of hydrogen-bond acceptors (Lipinski definition) is 2. The molecular formula is C18H21ClIN3O. The zero-order valence-corrected chi connectivity index (χ0v) is 16.3. The molecule has 6 heteroatoms. The van der Waals surface area contributed by atoms with Gasteiger partial charge in [0.1, 0.15) is 5.75 Å². The Balaban J connectivity index is 0.00000208. The Morgan fingerprint density at radius 1 is 1.21 bits per heavy atom. The second kappa shape index (κ2) is 9.13. The van der Waals surface area contributed by atoms with Gasteiger partial charge in [-0.05, 0) is 24.1 Å². The molecule has 0 aromatic heterocycles. The lowest BCUT2D eigenvalue weighted by molar-refractivity contribution is 0.262. The average molecular weight is 458 g/mol. The smallest absolute Gasteiger partial charge is 0.189 e. The van der Waals surface area contributed by atoms with Crippen LogP contribution in [-0.2, 0) is 6.42 Å². The molecule has 0 aliphatic carbocycles. The van der Waals surface area contributed by atoms with Gasteiger partial charge in [0.15, 0.2) is 5.96 Å². The van der Waals surface area contributed by atoms with Gasteiger partial charge in [-0.25, -0.2) is 0 Å². The highest BCUT2D eigenvalue weighted by molar-refractivity contribution is 14.0. The number of benzene rings is 2. The van der Waals surface area contributed by atoms with Gasteiger partial charge in [-0.3, -0.25) is 4.99 Å². The van der Waals surface area contributed by atoms with Gasteiger partial charge in [0.2, 0.25) is 0 Å². The molecule has 0 bridgehead atoms. The van der Waals surface area contributed by atoms with Gasteiger partial charge in [-0.15, -0.1) is 24.0 Å². The monoisotopic (exact) mass is 457 g/mol. The van der Waals surface area contributed by atoms with Crippen molar-refractivity contribution in [2.45, 2.75) is 18.9 Å². The van der Waals surface area contributed by atoms with Crippen LogP contribution in [0.15, 0.2) is 53.5 Å². The Morgan fingerprint density at radius 3 is 2.79 bits per heavy atom. The lowest BCUT2D eigenvalue weighted by atomic mass is 10.0. The van der Waals surface area contributed by atoms with E-state index in [1.54, 1.807) is 0 Å². The molecule has 0 amide bonds. The van der Waals surface area contributed by atoms with Gasteiger partial charge in [-0.1, -0.05) is 48.0 Å². The Morgan fingerprint density at radius 2 is 1.96 bits per heavy atom. The molecule has 1 unspecified atom stereocenters. The summed E-state index contributed by atoms with van der Waals surface area (Å²) in [5.74, 6) is 1.37. The number of halogens is 2. The summed E-state index contributed by atoms with van der Waals surface area (Å²) in [6.45, 7) is 1.29. The molecule has 128 valence electrons. The standard InChI is InChI=1S/C18H20ClN3O.HI/c19-15-7-3-1-5-13(15)9-11-21-18(20)22-16-10-12-23-17-8-4-2-6-14(16)17;/h1-8,16H,9-12H2,(H3,20,21,22);1H. The molecule has 0 radical (unpaired) electrons. The SMILES string of the molecule is I.NC(=NCCc1ccccc1Cl)NC1CCOc2ccccc21. The molecule has 0 saturated heterocycles. The number of ether oxygens (including phenoxy) is 1. The van der Waals surface area contributed by atoms with E-state index in [9.17, 15) is 0 Å². The largest absolute Gasteiger partial charge is 0.493 e. The number of nitrogens with one attached hydrogen (secondary N) is 1. The minimum Gasteiger partial charge on any atom is -0.493 e. The van der Waals surface area contributed by atoms with Gasteiger partial charge in [0, 0.05) is 23.6 Å². The Labute approximate surface area is 164 Å². The minimum absolute atomic E-state index is 0. The fourth-order valence-electron chi connectivity index (χ4n) is 2.71. The van der Waals surface area contributed by atoms with Gasteiger partial charge in [-0.2, -0.15) is 0 Å². The summed E-state index contributed by atoms with van der Waals surface area (Å²) in [5.41, 5.74) is 8.24. The van der Waals surface area contributed by atoms with E-state index in [4.69, 9.17) is 22.1 Å². The molecule has 2 aromatic carbocycles. The summed E-state index contributed by atoms with van der Waals surface area (Å²) in [5, 5.41) is 4.06. The summed E-state index contributed by atoms with van der Waals surface area (Å²) in [7, 11) is 0. The molecule has 1 aliphatic rings. The number of hydrogen-bond donors (Lipinski definition) is 2. The summed E-state index contributed by atoms with van der Waals surface area (Å²) in [6.07, 6.45) is 1.64. The van der Waals surface area contributed by atoms with Crippen molar-refractivity contribution in [1.82, 2.24) is 5.32 Å². The zero-order chi connectivity index (χ0) is 16.1. The number of fused-ring (bicyclic) bond motifs is 1. The molecule has 0 saturated carbocycles. The number of nitrogens with zero attached hydrogens (tertiary/aromatic N) is 1. The van der Waals surface area contributed by atoms with Crippen LogP contribution >= 0.6 is 35.6 Å². The second-order valence-electron chi connectivity index (χ2n) is 5.48. The normalized spacial score (nSPS) is 16.5. The fourth-order valence-corrected chi connectivity index (χ4v) is 2.94. The lowest BCUT2D eigenvalue weighted by Crippen LogP contribution is -2.37. The van der Waals surface area contributed by atoms with E-state index in [2.05, 4.69) is 16.4 Å². The van der Waals surface area contributed by atoms with Crippen molar-refractivity contribution in [2.75, 3.05) is 13.2 Å². The molecule has 24 heavy (non-hydrogen) atoms. The molecule has 0 spiro atoms. The van der Waals surface area contributed by atoms with Crippen LogP contribution in [0.25, 0.3) is 0 Å². The summed E-state index contributed by atoms with van der Waals surface area (Å²) in [4.78, 5) is 4.41. The van der Waals surface area contributed by atoms with E-state index in [0.29, 0.717) is 19.1 Å². The van der Waals surface area contributed by atoms with Crippen LogP contribution in [0.3, 0.4) is 0 Å². The molecule has 2 aromatic rings. The van der Waals surface area contributed by atoms with Crippen molar-refractivity contribution in [3.63, 3.8) is 0 Å². The molecule has 3 rings (SSSR count). The molecular weight excluding hydrogens is 437 g/mol. The van der Waals surface area contributed by atoms with Crippen molar-refractivity contribution in [2.24, 2.45) is 10.7 Å². The highest BCUT2D eigenvalue weighted by Crippen LogP contribution is 2.31. The van der Waals surface area contributed by atoms with Crippen LogP contribution in [0, 0.1) is 0 Å².